The van der Waals surface area contributed by atoms with Crippen molar-refractivity contribution in [3.63, 3.8) is 0 Å². The summed E-state index contributed by atoms with van der Waals surface area (Å²) >= 11 is 0. The Balaban J connectivity index is 2.03. The summed E-state index contributed by atoms with van der Waals surface area (Å²) in [4.78, 5) is 15.0. The summed E-state index contributed by atoms with van der Waals surface area (Å²) in [5.41, 5.74) is -0.411. The Morgan fingerprint density at radius 1 is 1.16 bits per heavy atom. The minimum Gasteiger partial charge on any atom is -0.338 e. The van der Waals surface area contributed by atoms with Gasteiger partial charge in [-0.1, -0.05) is 26.2 Å². The van der Waals surface area contributed by atoms with Crippen molar-refractivity contribution in [1.82, 2.24) is 10.2 Å². The monoisotopic (exact) mass is 266 g/mol. The predicted octanol–water partition coefficient (Wildman–Crippen LogP) is 2.95. The molecule has 1 aliphatic carbocycles. The van der Waals surface area contributed by atoms with Crippen molar-refractivity contribution in [2.24, 2.45) is 5.92 Å². The average Bonchev–Trinajstić information content (AvgIpc) is 2.87. The Morgan fingerprint density at radius 2 is 1.84 bits per heavy atom. The van der Waals surface area contributed by atoms with Crippen LogP contribution in [0.3, 0.4) is 0 Å². The lowest BCUT2D eigenvalue weighted by molar-refractivity contribution is -0.139. The molecule has 0 aromatic heterocycles. The number of amides is 1. The maximum absolute atomic E-state index is 12.8. The van der Waals surface area contributed by atoms with Crippen molar-refractivity contribution in [3.05, 3.63) is 0 Å². The third-order valence-electron chi connectivity index (χ3n) is 4.91. The van der Waals surface area contributed by atoms with Crippen molar-refractivity contribution in [2.75, 3.05) is 13.1 Å². The summed E-state index contributed by atoms with van der Waals surface area (Å²) in [6.07, 6.45) is 9.18. The number of carbonyl (C=O) groups is 1. The summed E-state index contributed by atoms with van der Waals surface area (Å²) in [5, 5.41) is 3.33. The van der Waals surface area contributed by atoms with Gasteiger partial charge in [-0.05, 0) is 52.0 Å². The van der Waals surface area contributed by atoms with E-state index in [4.69, 9.17) is 0 Å². The van der Waals surface area contributed by atoms with Gasteiger partial charge >= 0.3 is 0 Å². The number of likely N-dealkylation sites (N-methyl/N-ethyl adjacent to an activating group) is 1. The average molecular weight is 266 g/mol. The Bertz CT molecular complexity index is 308. The van der Waals surface area contributed by atoms with Crippen LogP contribution in [0.1, 0.15) is 65.7 Å². The molecule has 1 heterocycles. The second-order valence-electron chi connectivity index (χ2n) is 6.76. The van der Waals surface area contributed by atoms with E-state index in [0.29, 0.717) is 11.9 Å². The lowest BCUT2D eigenvalue weighted by atomic mass is 9.82. The molecule has 2 aliphatic rings. The molecular formula is C16H30N2O. The van der Waals surface area contributed by atoms with E-state index in [1.54, 1.807) is 0 Å². The minimum atomic E-state index is -0.411. The lowest BCUT2D eigenvalue weighted by Crippen LogP contribution is -2.56. The molecule has 1 saturated carbocycles. The van der Waals surface area contributed by atoms with Crippen LogP contribution >= 0.6 is 0 Å². The smallest absolute Gasteiger partial charge is 0.242 e. The van der Waals surface area contributed by atoms with Gasteiger partial charge in [0.15, 0.2) is 0 Å². The topological polar surface area (TPSA) is 32.3 Å². The van der Waals surface area contributed by atoms with Crippen LogP contribution in [-0.2, 0) is 4.79 Å². The summed E-state index contributed by atoms with van der Waals surface area (Å²) in [5.74, 6) is 1.07. The van der Waals surface area contributed by atoms with Gasteiger partial charge in [0.2, 0.25) is 5.91 Å². The molecule has 110 valence electrons. The van der Waals surface area contributed by atoms with Gasteiger partial charge in [-0.3, -0.25) is 4.79 Å². The van der Waals surface area contributed by atoms with E-state index in [9.17, 15) is 4.79 Å². The van der Waals surface area contributed by atoms with Gasteiger partial charge in [0, 0.05) is 12.6 Å². The number of carbonyl (C=O) groups excluding carboxylic acids is 1. The molecule has 0 bridgehead atoms. The molecule has 1 aliphatic heterocycles. The van der Waals surface area contributed by atoms with E-state index < -0.39 is 5.54 Å². The quantitative estimate of drug-likeness (QED) is 0.848. The molecule has 3 heteroatoms. The Labute approximate surface area is 118 Å². The van der Waals surface area contributed by atoms with Gasteiger partial charge in [-0.2, -0.15) is 0 Å². The van der Waals surface area contributed by atoms with Crippen LogP contribution in [-0.4, -0.2) is 35.5 Å². The van der Waals surface area contributed by atoms with Crippen LogP contribution in [0.15, 0.2) is 0 Å². The van der Waals surface area contributed by atoms with E-state index in [1.165, 1.54) is 44.9 Å². The van der Waals surface area contributed by atoms with Crippen molar-refractivity contribution in [1.29, 1.82) is 0 Å². The number of rotatable bonds is 4. The zero-order chi connectivity index (χ0) is 13.9. The standard InChI is InChI=1S/C16H30N2O/c1-4-17-16(2,3)15(19)18-12-8-11-14(18)13-9-6-5-7-10-13/h13-14,17H,4-12H2,1-3H3. The second kappa shape index (κ2) is 6.25. The zero-order valence-electron chi connectivity index (χ0n) is 12.9. The van der Waals surface area contributed by atoms with Gasteiger partial charge in [0.1, 0.15) is 0 Å². The van der Waals surface area contributed by atoms with Crippen LogP contribution in [0.4, 0.5) is 0 Å². The molecule has 19 heavy (non-hydrogen) atoms. The minimum absolute atomic E-state index is 0.308. The lowest BCUT2D eigenvalue weighted by Gasteiger charge is -2.38. The molecule has 1 saturated heterocycles. The molecule has 1 N–H and O–H groups in total. The molecule has 3 nitrogen and oxygen atoms in total. The number of hydrogen-bond donors (Lipinski definition) is 1. The zero-order valence-corrected chi connectivity index (χ0v) is 12.9. The van der Waals surface area contributed by atoms with Crippen LogP contribution in [0, 0.1) is 5.92 Å². The van der Waals surface area contributed by atoms with Crippen LogP contribution < -0.4 is 5.32 Å². The molecular weight excluding hydrogens is 236 g/mol. The summed E-state index contributed by atoms with van der Waals surface area (Å²) < 4.78 is 0. The first-order chi connectivity index (χ1) is 9.06. The molecule has 0 aromatic carbocycles. The summed E-state index contributed by atoms with van der Waals surface area (Å²) in [7, 11) is 0. The molecule has 0 radical (unpaired) electrons. The number of nitrogens with zero attached hydrogens (tertiary/aromatic N) is 1. The molecule has 2 fully saturated rings. The van der Waals surface area contributed by atoms with E-state index in [0.717, 1.165) is 19.0 Å². The molecule has 1 atom stereocenters. The van der Waals surface area contributed by atoms with Crippen LogP contribution in [0.5, 0.6) is 0 Å². The van der Waals surface area contributed by atoms with Crippen molar-refractivity contribution < 1.29 is 4.79 Å². The molecule has 1 amide bonds. The van der Waals surface area contributed by atoms with E-state index >= 15 is 0 Å². The van der Waals surface area contributed by atoms with E-state index in [-0.39, 0.29) is 0 Å². The fourth-order valence-electron chi connectivity index (χ4n) is 3.93. The molecule has 0 spiro atoms. The van der Waals surface area contributed by atoms with E-state index in [2.05, 4.69) is 17.1 Å². The highest BCUT2D eigenvalue weighted by Gasteiger charge is 2.40. The SMILES string of the molecule is CCNC(C)(C)C(=O)N1CCCC1C1CCCCC1. The highest BCUT2D eigenvalue weighted by atomic mass is 16.2. The largest absolute Gasteiger partial charge is 0.338 e. The molecule has 0 aromatic rings. The summed E-state index contributed by atoms with van der Waals surface area (Å²) in [6.45, 7) is 7.93. The normalized spacial score (nSPS) is 25.8. The second-order valence-corrected chi connectivity index (χ2v) is 6.76. The third-order valence-corrected chi connectivity index (χ3v) is 4.91. The van der Waals surface area contributed by atoms with Crippen molar-refractivity contribution >= 4 is 5.91 Å². The number of hydrogen-bond acceptors (Lipinski definition) is 2. The number of nitrogens with one attached hydrogen (secondary N) is 1. The first-order valence-corrected chi connectivity index (χ1v) is 8.12. The predicted molar refractivity (Wildman–Crippen MR) is 79.1 cm³/mol. The Hall–Kier alpha value is -0.570. The van der Waals surface area contributed by atoms with Gasteiger partial charge in [-0.25, -0.2) is 0 Å². The van der Waals surface area contributed by atoms with E-state index in [1.807, 2.05) is 13.8 Å². The fourth-order valence-corrected chi connectivity index (χ4v) is 3.93. The van der Waals surface area contributed by atoms with Gasteiger partial charge in [-0.15, -0.1) is 0 Å². The third kappa shape index (κ3) is 3.31. The first-order valence-electron chi connectivity index (χ1n) is 8.12. The van der Waals surface area contributed by atoms with Crippen LogP contribution in [0.2, 0.25) is 0 Å². The first kappa shape index (κ1) is 14.8. The molecule has 2 rings (SSSR count). The van der Waals surface area contributed by atoms with Crippen molar-refractivity contribution in [2.45, 2.75) is 77.3 Å². The highest BCUT2D eigenvalue weighted by molar-refractivity contribution is 5.86. The highest BCUT2D eigenvalue weighted by Crippen LogP contribution is 2.35. The fraction of sp³-hybridized carbons (Fsp3) is 0.938. The number of likely N-dealkylation sites (tertiary alicyclic amines) is 1. The Kier molecular flexibility index (Phi) is 4.88. The summed E-state index contributed by atoms with van der Waals surface area (Å²) in [6, 6.07) is 0.519. The van der Waals surface area contributed by atoms with Gasteiger partial charge < -0.3 is 10.2 Å². The maximum Gasteiger partial charge on any atom is 0.242 e. The molecule has 1 unspecified atom stereocenters. The maximum atomic E-state index is 12.8. The Morgan fingerprint density at radius 3 is 2.47 bits per heavy atom. The van der Waals surface area contributed by atoms with Crippen LogP contribution in [0.25, 0.3) is 0 Å². The van der Waals surface area contributed by atoms with Crippen molar-refractivity contribution in [3.8, 4) is 0 Å². The van der Waals surface area contributed by atoms with Gasteiger partial charge in [0.05, 0.1) is 5.54 Å². The van der Waals surface area contributed by atoms with Gasteiger partial charge in [0.25, 0.3) is 0 Å².